The smallest absolute Gasteiger partial charge is 0.0449 e. The predicted octanol–water partition coefficient (Wildman–Crippen LogP) is 1.06. The largest absolute Gasteiger partial charge is 0.398 e. The first-order chi connectivity index (χ1) is 5.24. The monoisotopic (exact) mass is 168 g/mol. The molecule has 0 radical (unpaired) electrons. The van der Waals surface area contributed by atoms with E-state index in [-0.39, 0.29) is 0 Å². The molecule has 1 rings (SSSR count). The first-order valence-corrected chi connectivity index (χ1v) is 3.96. The van der Waals surface area contributed by atoms with Gasteiger partial charge in [0.05, 0.1) is 0 Å². The molecule has 0 aromatic heterocycles. The van der Waals surface area contributed by atoms with E-state index in [4.69, 9.17) is 11.5 Å². The molecular weight excluding hydrogens is 156 g/mol. The molecule has 4 N–H and O–H groups in total. The summed E-state index contributed by atoms with van der Waals surface area (Å²) in [4.78, 5) is 0.830. The third kappa shape index (κ3) is 2.13. The highest BCUT2D eigenvalue weighted by Crippen LogP contribution is 2.17. The highest BCUT2D eigenvalue weighted by atomic mass is 32.1. The van der Waals surface area contributed by atoms with Gasteiger partial charge in [-0.15, -0.1) is 12.6 Å². The SMILES string of the molecule is NCCc1ccc(N)c(S)c1. The van der Waals surface area contributed by atoms with Gasteiger partial charge in [-0.05, 0) is 30.7 Å². The molecule has 1 aromatic carbocycles. The molecule has 0 fully saturated rings. The van der Waals surface area contributed by atoms with E-state index in [1.807, 2.05) is 18.2 Å². The maximum atomic E-state index is 5.58. The molecule has 0 bridgehead atoms. The zero-order chi connectivity index (χ0) is 8.27. The fourth-order valence-corrected chi connectivity index (χ4v) is 1.15. The molecule has 3 heteroatoms. The van der Waals surface area contributed by atoms with Gasteiger partial charge in [0.1, 0.15) is 0 Å². The first kappa shape index (κ1) is 8.43. The van der Waals surface area contributed by atoms with E-state index >= 15 is 0 Å². The molecule has 0 amide bonds. The molecule has 1 aromatic rings. The van der Waals surface area contributed by atoms with Crippen molar-refractivity contribution in [3.8, 4) is 0 Å². The predicted molar refractivity (Wildman–Crippen MR) is 50.9 cm³/mol. The number of rotatable bonds is 2. The summed E-state index contributed by atoms with van der Waals surface area (Å²) in [5.41, 5.74) is 12.9. The topological polar surface area (TPSA) is 52.0 Å². The second kappa shape index (κ2) is 3.64. The van der Waals surface area contributed by atoms with Crippen molar-refractivity contribution >= 4 is 18.3 Å². The summed E-state index contributed by atoms with van der Waals surface area (Å²) in [7, 11) is 0. The van der Waals surface area contributed by atoms with Gasteiger partial charge in [0.15, 0.2) is 0 Å². The number of benzene rings is 1. The maximum absolute atomic E-state index is 5.58. The average molecular weight is 168 g/mol. The van der Waals surface area contributed by atoms with Crippen LogP contribution in [-0.2, 0) is 6.42 Å². The standard InChI is InChI=1S/C8H12N2S/c9-4-3-6-1-2-7(10)8(11)5-6/h1-2,5,11H,3-4,9-10H2. The summed E-state index contributed by atoms with van der Waals surface area (Å²) in [6.07, 6.45) is 0.883. The van der Waals surface area contributed by atoms with Gasteiger partial charge in [0.25, 0.3) is 0 Å². The lowest BCUT2D eigenvalue weighted by Crippen LogP contribution is -2.02. The molecule has 0 aliphatic carbocycles. The Morgan fingerprint density at radius 2 is 2.09 bits per heavy atom. The van der Waals surface area contributed by atoms with Gasteiger partial charge in [-0.1, -0.05) is 6.07 Å². The van der Waals surface area contributed by atoms with Crippen LogP contribution >= 0.6 is 12.6 Å². The van der Waals surface area contributed by atoms with Gasteiger partial charge in [0.2, 0.25) is 0 Å². The minimum Gasteiger partial charge on any atom is -0.398 e. The van der Waals surface area contributed by atoms with E-state index in [9.17, 15) is 0 Å². The van der Waals surface area contributed by atoms with E-state index in [1.54, 1.807) is 0 Å². The molecule has 2 nitrogen and oxygen atoms in total. The van der Waals surface area contributed by atoms with E-state index in [0.717, 1.165) is 11.3 Å². The number of nitrogen functional groups attached to an aromatic ring is 1. The molecule has 60 valence electrons. The second-order valence-electron chi connectivity index (χ2n) is 2.43. The van der Waals surface area contributed by atoms with Crippen molar-refractivity contribution in [3.63, 3.8) is 0 Å². The Hall–Kier alpha value is -0.670. The Morgan fingerprint density at radius 1 is 1.36 bits per heavy atom. The third-order valence-electron chi connectivity index (χ3n) is 1.53. The summed E-state index contributed by atoms with van der Waals surface area (Å²) in [5, 5.41) is 0. The average Bonchev–Trinajstić information content (AvgIpc) is 1.98. The van der Waals surface area contributed by atoms with Crippen LogP contribution in [0.4, 0.5) is 5.69 Å². The lowest BCUT2D eigenvalue weighted by atomic mass is 10.1. The minimum absolute atomic E-state index is 0.664. The third-order valence-corrected chi connectivity index (χ3v) is 1.92. The quantitative estimate of drug-likeness (QED) is 0.457. The van der Waals surface area contributed by atoms with Crippen LogP contribution in [0, 0.1) is 0 Å². The van der Waals surface area contributed by atoms with Crippen molar-refractivity contribution in [1.29, 1.82) is 0 Å². The molecular formula is C8H12N2S. The number of anilines is 1. The Bertz CT molecular complexity index is 248. The van der Waals surface area contributed by atoms with Crippen LogP contribution in [0.1, 0.15) is 5.56 Å². The molecule has 0 spiro atoms. The van der Waals surface area contributed by atoms with Crippen LogP contribution in [0.15, 0.2) is 23.1 Å². The Balaban J connectivity index is 2.86. The molecule has 11 heavy (non-hydrogen) atoms. The van der Waals surface area contributed by atoms with Crippen LogP contribution in [-0.4, -0.2) is 6.54 Å². The maximum Gasteiger partial charge on any atom is 0.0449 e. The number of hydrogen-bond donors (Lipinski definition) is 3. The Kier molecular flexibility index (Phi) is 2.79. The fraction of sp³-hybridized carbons (Fsp3) is 0.250. The van der Waals surface area contributed by atoms with Crippen molar-refractivity contribution in [3.05, 3.63) is 23.8 Å². The summed E-state index contributed by atoms with van der Waals surface area (Å²) in [5.74, 6) is 0. The second-order valence-corrected chi connectivity index (χ2v) is 2.91. The molecule has 0 saturated heterocycles. The highest BCUT2D eigenvalue weighted by Gasteiger charge is 1.95. The van der Waals surface area contributed by atoms with Crippen molar-refractivity contribution in [2.75, 3.05) is 12.3 Å². The molecule has 0 atom stereocenters. The first-order valence-electron chi connectivity index (χ1n) is 3.51. The van der Waals surface area contributed by atoms with E-state index in [2.05, 4.69) is 12.6 Å². The zero-order valence-corrected chi connectivity index (χ0v) is 7.14. The lowest BCUT2D eigenvalue weighted by molar-refractivity contribution is 0.964. The van der Waals surface area contributed by atoms with Crippen molar-refractivity contribution in [2.24, 2.45) is 5.73 Å². The number of thiol groups is 1. The molecule has 0 unspecified atom stereocenters. The van der Waals surface area contributed by atoms with Crippen LogP contribution in [0.25, 0.3) is 0 Å². The van der Waals surface area contributed by atoms with Gasteiger partial charge < -0.3 is 11.5 Å². The lowest BCUT2D eigenvalue weighted by Gasteiger charge is -2.01. The van der Waals surface area contributed by atoms with Crippen LogP contribution < -0.4 is 11.5 Å². The van der Waals surface area contributed by atoms with Gasteiger partial charge in [-0.2, -0.15) is 0 Å². The van der Waals surface area contributed by atoms with Crippen LogP contribution in [0.3, 0.4) is 0 Å². The highest BCUT2D eigenvalue weighted by molar-refractivity contribution is 7.80. The van der Waals surface area contributed by atoms with E-state index in [0.29, 0.717) is 12.2 Å². The van der Waals surface area contributed by atoms with Crippen molar-refractivity contribution in [1.82, 2.24) is 0 Å². The fourth-order valence-electron chi connectivity index (χ4n) is 0.911. The van der Waals surface area contributed by atoms with Crippen LogP contribution in [0.5, 0.6) is 0 Å². The van der Waals surface area contributed by atoms with E-state index < -0.39 is 0 Å². The van der Waals surface area contributed by atoms with Crippen molar-refractivity contribution in [2.45, 2.75) is 11.3 Å². The van der Waals surface area contributed by atoms with Gasteiger partial charge in [-0.3, -0.25) is 0 Å². The minimum atomic E-state index is 0.664. The van der Waals surface area contributed by atoms with E-state index in [1.165, 1.54) is 5.56 Å². The van der Waals surface area contributed by atoms with Gasteiger partial charge in [0, 0.05) is 10.6 Å². The summed E-state index contributed by atoms with van der Waals surface area (Å²) >= 11 is 4.19. The molecule has 0 aliphatic heterocycles. The van der Waals surface area contributed by atoms with Crippen LogP contribution in [0.2, 0.25) is 0 Å². The molecule has 0 heterocycles. The normalized spacial score (nSPS) is 10.0. The van der Waals surface area contributed by atoms with Gasteiger partial charge in [-0.25, -0.2) is 0 Å². The summed E-state index contributed by atoms with van der Waals surface area (Å²) < 4.78 is 0. The zero-order valence-electron chi connectivity index (χ0n) is 6.25. The number of hydrogen-bond acceptors (Lipinski definition) is 3. The Labute approximate surface area is 72.0 Å². The number of nitrogens with two attached hydrogens (primary N) is 2. The van der Waals surface area contributed by atoms with Gasteiger partial charge >= 0.3 is 0 Å². The van der Waals surface area contributed by atoms with Crippen molar-refractivity contribution < 1.29 is 0 Å². The molecule has 0 saturated carbocycles. The Morgan fingerprint density at radius 3 is 2.64 bits per heavy atom. The molecule has 0 aliphatic rings. The summed E-state index contributed by atoms with van der Waals surface area (Å²) in [6.45, 7) is 0.664. The summed E-state index contributed by atoms with van der Waals surface area (Å²) in [6, 6.07) is 5.78.